The molecule has 7 nitrogen and oxygen atoms in total. The number of rotatable bonds is 7. The molecular weight excluding hydrogens is 340 g/mol. The number of thiazole rings is 1. The summed E-state index contributed by atoms with van der Waals surface area (Å²) in [6.07, 6.45) is 2.02. The van der Waals surface area contributed by atoms with Crippen molar-refractivity contribution in [3.63, 3.8) is 0 Å². The van der Waals surface area contributed by atoms with Crippen LogP contribution in [0.15, 0.2) is 34.7 Å². The summed E-state index contributed by atoms with van der Waals surface area (Å²) in [5.74, 6) is -0.274. The molecule has 1 aliphatic rings. The lowest BCUT2D eigenvalue weighted by Gasteiger charge is -2.08. The summed E-state index contributed by atoms with van der Waals surface area (Å²) in [6, 6.07) is 8.08. The van der Waals surface area contributed by atoms with Gasteiger partial charge in [-0.25, -0.2) is 4.98 Å². The Morgan fingerprint density at radius 3 is 3.08 bits per heavy atom. The van der Waals surface area contributed by atoms with Crippen LogP contribution in [0.1, 0.15) is 29.8 Å². The van der Waals surface area contributed by atoms with Crippen LogP contribution in [-0.4, -0.2) is 37.1 Å². The first kappa shape index (κ1) is 17.5. The summed E-state index contributed by atoms with van der Waals surface area (Å²) in [6.45, 7) is 3.60. The number of benzene rings is 1. The number of hydrazone groups is 1. The lowest BCUT2D eigenvalue weighted by atomic mass is 10.1. The van der Waals surface area contributed by atoms with Crippen molar-refractivity contribution in [2.45, 2.75) is 19.4 Å². The summed E-state index contributed by atoms with van der Waals surface area (Å²) in [7, 11) is 0. The van der Waals surface area contributed by atoms with E-state index < -0.39 is 0 Å². The van der Waals surface area contributed by atoms with Crippen molar-refractivity contribution in [1.82, 2.24) is 10.3 Å². The molecule has 1 aromatic carbocycles. The molecule has 3 rings (SSSR count). The molecule has 132 valence electrons. The Balaban J connectivity index is 1.51. The van der Waals surface area contributed by atoms with Crippen LogP contribution in [0.5, 0.6) is 0 Å². The van der Waals surface area contributed by atoms with Gasteiger partial charge in [0.15, 0.2) is 0 Å². The second-order valence-electron chi connectivity index (χ2n) is 5.42. The molecular formula is C17H20N4O3S. The minimum Gasteiger partial charge on any atom is -0.466 e. The molecule has 0 bridgehead atoms. The summed E-state index contributed by atoms with van der Waals surface area (Å²) in [5.41, 5.74) is 5.68. The van der Waals surface area contributed by atoms with E-state index in [0.717, 1.165) is 17.7 Å². The first-order chi connectivity index (χ1) is 12.2. The monoisotopic (exact) mass is 360 g/mol. The second kappa shape index (κ2) is 8.70. The average molecular weight is 360 g/mol. The molecule has 25 heavy (non-hydrogen) atoms. The zero-order valence-electron chi connectivity index (χ0n) is 13.9. The number of carbonyl (C=O) groups excluding carboxylic acids is 1. The number of nitrogens with one attached hydrogen (secondary N) is 2. The zero-order chi connectivity index (χ0) is 17.5. The number of ether oxygens (including phenoxy) is 2. The zero-order valence-corrected chi connectivity index (χ0v) is 14.7. The van der Waals surface area contributed by atoms with Gasteiger partial charge in [-0.15, -0.1) is 11.3 Å². The molecule has 0 amide bonds. The Morgan fingerprint density at radius 1 is 1.52 bits per heavy atom. The maximum atomic E-state index is 11.4. The number of esters is 1. The summed E-state index contributed by atoms with van der Waals surface area (Å²) in [5, 5.41) is 9.80. The SMILES string of the molecule is CCOC(=O)Cc1csc(NN=Cc2ccc(C3CNCO3)cc2)n1. The predicted octanol–water partition coefficient (Wildman–Crippen LogP) is 2.31. The van der Waals surface area contributed by atoms with E-state index in [2.05, 4.69) is 20.8 Å². The fourth-order valence-corrected chi connectivity index (χ4v) is 3.04. The molecule has 1 unspecified atom stereocenters. The Hall–Kier alpha value is -2.29. The molecule has 1 atom stereocenters. The number of carbonyl (C=O) groups is 1. The van der Waals surface area contributed by atoms with E-state index >= 15 is 0 Å². The van der Waals surface area contributed by atoms with Crippen molar-refractivity contribution >= 4 is 28.7 Å². The van der Waals surface area contributed by atoms with Crippen molar-refractivity contribution in [1.29, 1.82) is 0 Å². The number of hydrogen-bond donors (Lipinski definition) is 2. The minimum absolute atomic E-state index is 0.122. The van der Waals surface area contributed by atoms with E-state index in [9.17, 15) is 4.79 Å². The van der Waals surface area contributed by atoms with Crippen LogP contribution >= 0.6 is 11.3 Å². The van der Waals surface area contributed by atoms with Gasteiger partial charge < -0.3 is 9.47 Å². The first-order valence-corrected chi connectivity index (χ1v) is 8.94. The van der Waals surface area contributed by atoms with Gasteiger partial charge in [-0.2, -0.15) is 5.10 Å². The van der Waals surface area contributed by atoms with Crippen molar-refractivity contribution in [2.75, 3.05) is 25.3 Å². The molecule has 2 aromatic rings. The van der Waals surface area contributed by atoms with Crippen LogP contribution in [0.25, 0.3) is 0 Å². The highest BCUT2D eigenvalue weighted by Gasteiger charge is 2.16. The maximum absolute atomic E-state index is 11.4. The van der Waals surface area contributed by atoms with Gasteiger partial charge in [-0.1, -0.05) is 24.3 Å². The second-order valence-corrected chi connectivity index (χ2v) is 6.27. The van der Waals surface area contributed by atoms with E-state index in [1.165, 1.54) is 11.3 Å². The smallest absolute Gasteiger partial charge is 0.311 e. The molecule has 2 N–H and O–H groups in total. The standard InChI is InChI=1S/C17H20N4O3S/c1-2-23-16(22)7-14-10-25-17(20-14)21-19-8-12-3-5-13(6-4-12)15-9-18-11-24-15/h3-6,8,10,15,18H,2,7,9,11H2,1H3,(H,20,21). The third kappa shape index (κ3) is 5.09. The van der Waals surface area contributed by atoms with Crippen LogP contribution in [-0.2, 0) is 20.7 Å². The Kier molecular flexibility index (Phi) is 6.10. The van der Waals surface area contributed by atoms with Gasteiger partial charge in [0.05, 0.1) is 37.8 Å². The molecule has 0 saturated carbocycles. The summed E-state index contributed by atoms with van der Waals surface area (Å²) >= 11 is 1.40. The lowest BCUT2D eigenvalue weighted by Crippen LogP contribution is -2.07. The number of nitrogens with zero attached hydrogens (tertiary/aromatic N) is 2. The van der Waals surface area contributed by atoms with Gasteiger partial charge in [0.25, 0.3) is 0 Å². The Labute approximate surface area is 150 Å². The molecule has 0 aliphatic carbocycles. The molecule has 1 fully saturated rings. The van der Waals surface area contributed by atoms with Gasteiger partial charge in [0.1, 0.15) is 0 Å². The largest absolute Gasteiger partial charge is 0.466 e. The van der Waals surface area contributed by atoms with Crippen LogP contribution < -0.4 is 10.7 Å². The quantitative estimate of drug-likeness (QED) is 0.448. The van der Waals surface area contributed by atoms with Crippen LogP contribution in [0, 0.1) is 0 Å². The van der Waals surface area contributed by atoms with Gasteiger partial charge in [0, 0.05) is 11.9 Å². The lowest BCUT2D eigenvalue weighted by molar-refractivity contribution is -0.142. The molecule has 0 radical (unpaired) electrons. The molecule has 1 aliphatic heterocycles. The van der Waals surface area contributed by atoms with E-state index in [1.807, 2.05) is 29.6 Å². The van der Waals surface area contributed by atoms with E-state index in [0.29, 0.717) is 24.2 Å². The van der Waals surface area contributed by atoms with E-state index in [4.69, 9.17) is 9.47 Å². The Bertz CT molecular complexity index is 724. The highest BCUT2D eigenvalue weighted by molar-refractivity contribution is 7.13. The molecule has 1 saturated heterocycles. The van der Waals surface area contributed by atoms with Crippen molar-refractivity contribution in [3.05, 3.63) is 46.5 Å². The third-order valence-corrected chi connectivity index (χ3v) is 4.38. The van der Waals surface area contributed by atoms with Crippen molar-refractivity contribution < 1.29 is 14.3 Å². The van der Waals surface area contributed by atoms with Crippen LogP contribution in [0.2, 0.25) is 0 Å². The Morgan fingerprint density at radius 2 is 2.36 bits per heavy atom. The topological polar surface area (TPSA) is 84.8 Å². The van der Waals surface area contributed by atoms with Crippen LogP contribution in [0.4, 0.5) is 5.13 Å². The van der Waals surface area contributed by atoms with Gasteiger partial charge in [-0.3, -0.25) is 15.5 Å². The van der Waals surface area contributed by atoms with Gasteiger partial charge >= 0.3 is 5.97 Å². The van der Waals surface area contributed by atoms with Crippen molar-refractivity contribution in [2.24, 2.45) is 5.10 Å². The molecule has 1 aromatic heterocycles. The van der Waals surface area contributed by atoms with Crippen LogP contribution in [0.3, 0.4) is 0 Å². The highest BCUT2D eigenvalue weighted by atomic mass is 32.1. The fourth-order valence-electron chi connectivity index (χ4n) is 2.38. The van der Waals surface area contributed by atoms with Gasteiger partial charge in [-0.05, 0) is 18.1 Å². The van der Waals surface area contributed by atoms with E-state index in [-0.39, 0.29) is 18.5 Å². The van der Waals surface area contributed by atoms with E-state index in [1.54, 1.807) is 13.1 Å². The molecule has 2 heterocycles. The first-order valence-electron chi connectivity index (χ1n) is 8.06. The highest BCUT2D eigenvalue weighted by Crippen LogP contribution is 2.20. The third-order valence-electron chi connectivity index (χ3n) is 3.58. The number of hydrogen-bond acceptors (Lipinski definition) is 8. The van der Waals surface area contributed by atoms with Crippen molar-refractivity contribution in [3.8, 4) is 0 Å². The average Bonchev–Trinajstić information content (AvgIpc) is 3.28. The van der Waals surface area contributed by atoms with Gasteiger partial charge in [0.2, 0.25) is 5.13 Å². The fraction of sp³-hybridized carbons (Fsp3) is 0.353. The molecule has 8 heteroatoms. The summed E-state index contributed by atoms with van der Waals surface area (Å²) in [4.78, 5) is 15.7. The number of aromatic nitrogens is 1. The maximum Gasteiger partial charge on any atom is 0.311 e. The minimum atomic E-state index is -0.274. The molecule has 0 spiro atoms. The predicted molar refractivity (Wildman–Crippen MR) is 96.8 cm³/mol. The number of anilines is 1. The summed E-state index contributed by atoms with van der Waals surface area (Å²) < 4.78 is 10.5. The normalized spacial score (nSPS) is 17.1.